The van der Waals surface area contributed by atoms with Crippen molar-refractivity contribution in [3.05, 3.63) is 39.8 Å². The summed E-state index contributed by atoms with van der Waals surface area (Å²) in [6.45, 7) is -0.0423. The maximum atomic E-state index is 12.2. The maximum Gasteiger partial charge on any atom is 0.355 e. The molecule has 0 radical (unpaired) electrons. The number of benzene rings is 1. The Balaban J connectivity index is 2.15. The molecule has 126 valence electrons. The average molecular weight is 333 g/mol. The smallest absolute Gasteiger partial charge is 0.355 e. The number of hydrogen-bond donors (Lipinski definition) is 2. The van der Waals surface area contributed by atoms with Crippen LogP contribution in [0.3, 0.4) is 0 Å². The van der Waals surface area contributed by atoms with Crippen LogP contribution in [-0.4, -0.2) is 49.7 Å². The van der Waals surface area contributed by atoms with Crippen LogP contribution in [0.4, 0.5) is 5.69 Å². The minimum absolute atomic E-state index is 0.0265. The van der Waals surface area contributed by atoms with Crippen molar-refractivity contribution >= 4 is 28.5 Å². The Hall–Kier alpha value is -3.07. The van der Waals surface area contributed by atoms with Crippen molar-refractivity contribution < 1.29 is 23.8 Å². The van der Waals surface area contributed by atoms with Gasteiger partial charge in [-0.2, -0.15) is 0 Å². The van der Waals surface area contributed by atoms with Crippen LogP contribution in [0.2, 0.25) is 0 Å². The quantitative estimate of drug-likeness (QED) is 0.774. The molecule has 2 N–H and O–H groups in total. The van der Waals surface area contributed by atoms with Crippen LogP contribution in [-0.2, 0) is 23.8 Å². The second kappa shape index (κ2) is 6.20. The highest BCUT2D eigenvalue weighted by molar-refractivity contribution is 6.03. The number of aromatic amines is 2. The molecule has 24 heavy (non-hydrogen) atoms. The third kappa shape index (κ3) is 2.54. The van der Waals surface area contributed by atoms with Gasteiger partial charge in [-0.15, -0.1) is 0 Å². The van der Waals surface area contributed by atoms with Crippen LogP contribution in [0.1, 0.15) is 0 Å². The number of ether oxygens (including phenoxy) is 3. The van der Waals surface area contributed by atoms with Crippen molar-refractivity contribution in [1.82, 2.24) is 10.2 Å². The van der Waals surface area contributed by atoms with E-state index in [4.69, 9.17) is 14.2 Å². The van der Waals surface area contributed by atoms with Crippen LogP contribution in [0, 0.1) is 0 Å². The highest BCUT2D eigenvalue weighted by Gasteiger charge is 2.32. The molecule has 1 aliphatic heterocycles. The maximum absolute atomic E-state index is 12.2. The van der Waals surface area contributed by atoms with E-state index in [0.29, 0.717) is 16.6 Å². The van der Waals surface area contributed by atoms with Crippen LogP contribution < -0.4 is 10.5 Å². The number of carbonyl (C=O) groups excluding carboxylic acids is 2. The van der Waals surface area contributed by atoms with Gasteiger partial charge in [-0.05, 0) is 18.2 Å². The molecule has 9 heteroatoms. The molecule has 3 rings (SSSR count). The number of esters is 2. The van der Waals surface area contributed by atoms with Crippen molar-refractivity contribution in [2.45, 2.75) is 0 Å². The highest BCUT2D eigenvalue weighted by Crippen LogP contribution is 2.28. The standard InChI is InChI=1S/C15H15N3O6/c1-22-14(20)10-6-24-7-18(12(10)15(21)23-2)8-3-4-11-9(5-8)13(19)17-16-11/h3-5H,6-7H2,1-2H3,(H2,16,17,19). The molecular weight excluding hydrogens is 318 g/mol. The Labute approximate surface area is 135 Å². The Kier molecular flexibility index (Phi) is 4.09. The molecule has 0 saturated carbocycles. The predicted molar refractivity (Wildman–Crippen MR) is 83.3 cm³/mol. The number of hydrogen-bond acceptors (Lipinski definition) is 7. The van der Waals surface area contributed by atoms with E-state index >= 15 is 0 Å². The monoisotopic (exact) mass is 333 g/mol. The number of methoxy groups -OCH3 is 2. The predicted octanol–water partition coefficient (Wildman–Crippen LogP) is 0.250. The summed E-state index contributed by atoms with van der Waals surface area (Å²) in [5.41, 5.74) is 0.926. The van der Waals surface area contributed by atoms with Crippen LogP contribution in [0.5, 0.6) is 0 Å². The van der Waals surface area contributed by atoms with Crippen molar-refractivity contribution in [2.24, 2.45) is 0 Å². The lowest BCUT2D eigenvalue weighted by atomic mass is 10.1. The van der Waals surface area contributed by atoms with Gasteiger partial charge in [-0.3, -0.25) is 15.0 Å². The van der Waals surface area contributed by atoms with E-state index in [1.54, 1.807) is 18.2 Å². The van der Waals surface area contributed by atoms with Crippen LogP contribution in [0.15, 0.2) is 34.3 Å². The van der Waals surface area contributed by atoms with Crippen molar-refractivity contribution in [3.8, 4) is 0 Å². The molecule has 1 aromatic heterocycles. The summed E-state index contributed by atoms with van der Waals surface area (Å²) in [6, 6.07) is 4.97. The summed E-state index contributed by atoms with van der Waals surface area (Å²) in [5, 5.41) is 5.63. The normalized spacial score (nSPS) is 14.8. The highest BCUT2D eigenvalue weighted by atomic mass is 16.5. The van der Waals surface area contributed by atoms with Gasteiger partial charge in [0.05, 0.1) is 37.3 Å². The first kappa shape index (κ1) is 15.8. The zero-order chi connectivity index (χ0) is 17.3. The van der Waals surface area contributed by atoms with Gasteiger partial charge in [-0.1, -0.05) is 0 Å². The molecule has 0 spiro atoms. The molecular formula is C15H15N3O6. The van der Waals surface area contributed by atoms with E-state index < -0.39 is 11.9 Å². The lowest BCUT2D eigenvalue weighted by Crippen LogP contribution is -2.38. The van der Waals surface area contributed by atoms with Gasteiger partial charge in [0, 0.05) is 5.69 Å². The van der Waals surface area contributed by atoms with E-state index in [9.17, 15) is 14.4 Å². The average Bonchev–Trinajstić information content (AvgIpc) is 3.00. The third-order valence-corrected chi connectivity index (χ3v) is 3.70. The number of H-pyrrole nitrogens is 2. The molecule has 1 aliphatic rings. The van der Waals surface area contributed by atoms with Gasteiger partial charge in [0.15, 0.2) is 0 Å². The molecule has 0 saturated heterocycles. The largest absolute Gasteiger partial charge is 0.466 e. The summed E-state index contributed by atoms with van der Waals surface area (Å²) in [6.07, 6.45) is 0. The lowest BCUT2D eigenvalue weighted by Gasteiger charge is -2.31. The fourth-order valence-corrected chi connectivity index (χ4v) is 2.54. The third-order valence-electron chi connectivity index (χ3n) is 3.70. The molecule has 2 heterocycles. The Morgan fingerprint density at radius 2 is 1.92 bits per heavy atom. The topological polar surface area (TPSA) is 114 Å². The fourth-order valence-electron chi connectivity index (χ4n) is 2.54. The number of anilines is 1. The second-order valence-electron chi connectivity index (χ2n) is 5.02. The summed E-state index contributed by atoms with van der Waals surface area (Å²) in [4.78, 5) is 37.4. The van der Waals surface area contributed by atoms with Gasteiger partial charge in [0.25, 0.3) is 5.56 Å². The first-order valence-electron chi connectivity index (χ1n) is 7.02. The number of nitrogens with zero attached hydrogens (tertiary/aromatic N) is 1. The van der Waals surface area contributed by atoms with E-state index in [1.807, 2.05) is 0 Å². The number of rotatable bonds is 3. The molecule has 0 aliphatic carbocycles. The molecule has 0 fully saturated rings. The van der Waals surface area contributed by atoms with Crippen molar-refractivity contribution in [3.63, 3.8) is 0 Å². The van der Waals surface area contributed by atoms with Gasteiger partial charge >= 0.3 is 11.9 Å². The summed E-state index contributed by atoms with van der Waals surface area (Å²) < 4.78 is 14.9. The second-order valence-corrected chi connectivity index (χ2v) is 5.02. The molecule has 0 unspecified atom stereocenters. The molecule has 0 atom stereocenters. The van der Waals surface area contributed by atoms with Gasteiger partial charge < -0.3 is 19.1 Å². The number of fused-ring (bicyclic) bond motifs is 1. The summed E-state index contributed by atoms with van der Waals surface area (Å²) in [7, 11) is 2.44. The molecule has 0 amide bonds. The fraction of sp³-hybridized carbons (Fsp3) is 0.267. The number of aromatic nitrogens is 2. The van der Waals surface area contributed by atoms with E-state index in [0.717, 1.165) is 0 Å². The Bertz CT molecular complexity index is 894. The SMILES string of the molecule is COC(=O)C1=C(C(=O)OC)N(c2ccc3[nH][nH]c(=O)c3c2)COC1. The van der Waals surface area contributed by atoms with Crippen LogP contribution >= 0.6 is 0 Å². The Morgan fingerprint density at radius 1 is 1.17 bits per heavy atom. The minimum atomic E-state index is -0.693. The number of carbonyl (C=O) groups is 2. The van der Waals surface area contributed by atoms with Gasteiger partial charge in [-0.25, -0.2) is 9.59 Å². The first-order valence-corrected chi connectivity index (χ1v) is 7.02. The van der Waals surface area contributed by atoms with Gasteiger partial charge in [0.2, 0.25) is 0 Å². The molecule has 0 bridgehead atoms. The minimum Gasteiger partial charge on any atom is -0.466 e. The zero-order valence-electron chi connectivity index (χ0n) is 13.0. The van der Waals surface area contributed by atoms with E-state index in [1.165, 1.54) is 19.1 Å². The van der Waals surface area contributed by atoms with Gasteiger partial charge in [0.1, 0.15) is 12.4 Å². The summed E-state index contributed by atoms with van der Waals surface area (Å²) >= 11 is 0. The number of nitrogens with one attached hydrogen (secondary N) is 2. The van der Waals surface area contributed by atoms with E-state index in [2.05, 4.69) is 10.2 Å². The van der Waals surface area contributed by atoms with Crippen LogP contribution in [0.25, 0.3) is 10.9 Å². The van der Waals surface area contributed by atoms with Crippen molar-refractivity contribution in [1.29, 1.82) is 0 Å². The first-order chi connectivity index (χ1) is 11.6. The molecule has 2 aromatic rings. The van der Waals surface area contributed by atoms with Crippen molar-refractivity contribution in [2.75, 3.05) is 32.5 Å². The molecule has 1 aromatic carbocycles. The summed E-state index contributed by atoms with van der Waals surface area (Å²) in [5.74, 6) is -1.37. The zero-order valence-corrected chi connectivity index (χ0v) is 13.0. The van der Waals surface area contributed by atoms with E-state index in [-0.39, 0.29) is 30.2 Å². The Morgan fingerprint density at radius 3 is 2.62 bits per heavy atom. The molecule has 9 nitrogen and oxygen atoms in total. The lowest BCUT2D eigenvalue weighted by molar-refractivity contribution is -0.140.